The van der Waals surface area contributed by atoms with Gasteiger partial charge in [-0.3, -0.25) is 9.59 Å². The molecule has 0 spiro atoms. The zero-order valence-electron chi connectivity index (χ0n) is 15.3. The van der Waals surface area contributed by atoms with E-state index < -0.39 is 51.9 Å². The van der Waals surface area contributed by atoms with Gasteiger partial charge in [-0.2, -0.15) is 0 Å². The van der Waals surface area contributed by atoms with Crippen LogP contribution in [-0.2, 0) is 19.2 Å². The van der Waals surface area contributed by atoms with Crippen molar-refractivity contribution in [3.05, 3.63) is 22.4 Å². The molecule has 1 aromatic rings. The molecule has 2 aliphatic heterocycles. The van der Waals surface area contributed by atoms with Crippen LogP contribution >= 0.6 is 23.1 Å². The van der Waals surface area contributed by atoms with Crippen LogP contribution in [0.4, 0.5) is 0 Å². The molecule has 4 atom stereocenters. The molecule has 2 aliphatic rings. The first-order valence-electron chi connectivity index (χ1n) is 7.40. The zero-order valence-corrected chi connectivity index (χ0v) is 20.9. The van der Waals surface area contributed by atoms with E-state index in [0.717, 1.165) is 11.3 Å². The molecule has 0 aromatic carbocycles. The molecular formula is C15H14N2Na2O6S2. The van der Waals surface area contributed by atoms with Crippen molar-refractivity contribution in [2.75, 3.05) is 0 Å². The van der Waals surface area contributed by atoms with Crippen LogP contribution in [0.5, 0.6) is 0 Å². The first-order chi connectivity index (χ1) is 11.6. The molecule has 2 fully saturated rings. The third-order valence-electron chi connectivity index (χ3n) is 4.29. The molecule has 27 heavy (non-hydrogen) atoms. The number of nitrogens with one attached hydrogen (secondary N) is 1. The number of rotatable bonds is 5. The van der Waals surface area contributed by atoms with Crippen LogP contribution in [0.15, 0.2) is 17.5 Å². The Morgan fingerprint density at radius 1 is 1.26 bits per heavy atom. The fraction of sp³-hybridized carbons (Fsp3) is 0.467. The molecule has 3 heterocycles. The maximum Gasteiger partial charge on any atom is 1.00 e. The van der Waals surface area contributed by atoms with E-state index in [2.05, 4.69) is 5.32 Å². The average Bonchev–Trinajstić information content (AvgIpc) is 3.09. The van der Waals surface area contributed by atoms with Gasteiger partial charge < -0.3 is 30.0 Å². The van der Waals surface area contributed by atoms with Crippen LogP contribution in [0.3, 0.4) is 0 Å². The predicted octanol–water partition coefficient (Wildman–Crippen LogP) is -8.11. The number of carboxylic acid groups (broad SMARTS) is 2. The number of nitrogens with zero attached hydrogens (tertiary/aromatic N) is 1. The molecule has 1 unspecified atom stereocenters. The van der Waals surface area contributed by atoms with E-state index in [9.17, 15) is 29.4 Å². The van der Waals surface area contributed by atoms with E-state index in [1.165, 1.54) is 22.7 Å². The number of thioether (sulfide) groups is 1. The summed E-state index contributed by atoms with van der Waals surface area (Å²) < 4.78 is -0.778. The SMILES string of the molecule is CC1(C)S[C@@H]2[C@H](N[13C](=O)[13CH](c3cccs3)[13C](=O)[O-])C(=O)N2[C@H]1C(=O)[O-].[Na+].[Na+]. The van der Waals surface area contributed by atoms with Gasteiger partial charge >= 0.3 is 59.1 Å². The first-order valence-corrected chi connectivity index (χ1v) is 9.16. The Bertz CT molecular complexity index is 757. The molecular weight excluding hydrogens is 417 g/mol. The van der Waals surface area contributed by atoms with E-state index in [4.69, 9.17) is 0 Å². The van der Waals surface area contributed by atoms with Gasteiger partial charge in [-0.1, -0.05) is 6.07 Å². The summed E-state index contributed by atoms with van der Waals surface area (Å²) in [5.41, 5.74) is 0. The minimum Gasteiger partial charge on any atom is -0.549 e. The molecule has 0 radical (unpaired) electrons. The number of β-lactam (4-membered cyclic amide) rings is 1. The van der Waals surface area contributed by atoms with E-state index in [1.807, 2.05) is 0 Å². The predicted molar refractivity (Wildman–Crippen MR) is 85.1 cm³/mol. The summed E-state index contributed by atoms with van der Waals surface area (Å²) in [6.07, 6.45) is 0. The number of amides is 2. The van der Waals surface area contributed by atoms with Crippen molar-refractivity contribution >= 4 is 46.9 Å². The maximum absolute atomic E-state index is 12.4. The van der Waals surface area contributed by atoms with Crippen molar-refractivity contribution in [2.45, 2.75) is 42.0 Å². The Balaban J connectivity index is 0.00000182. The van der Waals surface area contributed by atoms with Crippen LogP contribution in [0, 0.1) is 0 Å². The van der Waals surface area contributed by atoms with Gasteiger partial charge in [0.25, 0.3) is 0 Å². The van der Waals surface area contributed by atoms with Gasteiger partial charge in [0.15, 0.2) is 0 Å². The van der Waals surface area contributed by atoms with Gasteiger partial charge in [-0.05, 0) is 25.3 Å². The number of carbonyl (C=O) groups is 4. The molecule has 0 bridgehead atoms. The molecule has 1 N–H and O–H groups in total. The van der Waals surface area contributed by atoms with Crippen LogP contribution in [0.1, 0.15) is 24.6 Å². The minimum absolute atomic E-state index is 0. The van der Waals surface area contributed by atoms with Gasteiger partial charge in [-0.25, -0.2) is 0 Å². The second-order valence-electron chi connectivity index (χ2n) is 6.33. The molecule has 2 amide bonds. The Labute approximate surface area is 208 Å². The summed E-state index contributed by atoms with van der Waals surface area (Å²) in [7, 11) is 0. The summed E-state index contributed by atoms with van der Waals surface area (Å²) in [6, 6.07) is 1.04. The van der Waals surface area contributed by atoms with Crippen LogP contribution in [0.25, 0.3) is 0 Å². The number of carbonyl (C=O) groups excluding carboxylic acids is 4. The number of aliphatic carboxylic acids is 2. The van der Waals surface area contributed by atoms with Gasteiger partial charge in [0.05, 0.1) is 18.0 Å². The Kier molecular flexibility index (Phi) is 8.48. The fourth-order valence-corrected chi connectivity index (χ4v) is 5.60. The summed E-state index contributed by atoms with van der Waals surface area (Å²) in [5.74, 6) is -5.84. The molecule has 2 saturated heterocycles. The Hall–Kier alpha value is -0.0700. The van der Waals surface area contributed by atoms with Crippen molar-refractivity contribution in [1.82, 2.24) is 10.2 Å². The second kappa shape index (κ2) is 9.17. The largest absolute Gasteiger partial charge is 1.00 e. The Morgan fingerprint density at radius 2 is 1.89 bits per heavy atom. The van der Waals surface area contributed by atoms with Crippen molar-refractivity contribution in [2.24, 2.45) is 0 Å². The molecule has 1 aromatic heterocycles. The maximum atomic E-state index is 12.4. The van der Waals surface area contributed by atoms with Gasteiger partial charge in [0.1, 0.15) is 17.3 Å². The standard InChI is InChI=1S/C15H16N2O6S2.2Na/c1-15(2)9(14(22)23)17-11(19)8(12(17)25-15)16-10(18)7(13(20)21)6-4-3-5-24-6;;/h3-5,7-9,12H,1-2H3,(H,16,18)(H,20,21)(H,22,23);;/q;2*+1/p-2/t7?,8-,9+,12-;;/m1../s1/i7+1,10+1,13+1;;. The normalized spacial score (nSPS) is 25.9. The van der Waals surface area contributed by atoms with Gasteiger partial charge in [0.2, 0.25) is 11.8 Å². The first kappa shape index (κ1) is 25.0. The van der Waals surface area contributed by atoms with Crippen LogP contribution in [-0.4, -0.2) is 50.9 Å². The van der Waals surface area contributed by atoms with Crippen molar-refractivity contribution in [3.8, 4) is 0 Å². The van der Waals surface area contributed by atoms with Crippen molar-refractivity contribution in [3.63, 3.8) is 0 Å². The van der Waals surface area contributed by atoms with E-state index in [0.29, 0.717) is 4.88 Å². The van der Waals surface area contributed by atoms with E-state index in [1.54, 1.807) is 25.3 Å². The monoisotopic (exact) mass is 431 g/mol. The second-order valence-corrected chi connectivity index (χ2v) is 9.08. The molecule has 3 rings (SSSR count). The van der Waals surface area contributed by atoms with E-state index >= 15 is 0 Å². The molecule has 0 saturated carbocycles. The molecule has 8 nitrogen and oxygen atoms in total. The topological polar surface area (TPSA) is 130 Å². The Morgan fingerprint density at radius 3 is 2.37 bits per heavy atom. The van der Waals surface area contributed by atoms with Gasteiger partial charge in [-0.15, -0.1) is 23.1 Å². The molecule has 0 aliphatic carbocycles. The third-order valence-corrected chi connectivity index (χ3v) is 6.80. The quantitative estimate of drug-likeness (QED) is 0.212. The summed E-state index contributed by atoms with van der Waals surface area (Å²) in [5, 5.41) is 26.2. The number of hydrogen-bond donors (Lipinski definition) is 1. The van der Waals surface area contributed by atoms with E-state index in [-0.39, 0.29) is 59.1 Å². The zero-order chi connectivity index (χ0) is 18.5. The van der Waals surface area contributed by atoms with Crippen molar-refractivity contribution in [1.29, 1.82) is 0 Å². The van der Waals surface area contributed by atoms with Crippen LogP contribution < -0.4 is 74.6 Å². The number of carboxylic acids is 2. The van der Waals surface area contributed by atoms with Crippen LogP contribution in [0.2, 0.25) is 0 Å². The third kappa shape index (κ3) is 4.42. The number of thiophene rings is 1. The van der Waals surface area contributed by atoms with Gasteiger partial charge in [0, 0.05) is 9.62 Å². The summed E-state index contributed by atoms with van der Waals surface area (Å²) >= 11 is 2.33. The molecule has 134 valence electrons. The smallest absolute Gasteiger partial charge is 0.549 e. The van der Waals surface area contributed by atoms with Crippen molar-refractivity contribution < 1.29 is 88.5 Å². The molecule has 12 heteroatoms. The average molecular weight is 431 g/mol. The summed E-state index contributed by atoms with van der Waals surface area (Å²) in [4.78, 5) is 48.8. The number of fused-ring (bicyclic) bond motifs is 1. The fourth-order valence-electron chi connectivity index (χ4n) is 3.17. The minimum atomic E-state index is -1.56. The number of hydrogen-bond acceptors (Lipinski definition) is 8. The summed E-state index contributed by atoms with van der Waals surface area (Å²) in [6.45, 7) is 3.36.